The number of nitrogen functional groups attached to an aromatic ring is 1. The summed E-state index contributed by atoms with van der Waals surface area (Å²) in [6.07, 6.45) is 2.43. The molecule has 0 spiro atoms. The molecule has 0 saturated heterocycles. The first-order valence-corrected chi connectivity index (χ1v) is 8.33. The molecule has 7 nitrogen and oxygen atoms in total. The first kappa shape index (κ1) is 15.9. The first-order chi connectivity index (χ1) is 12.1. The molecule has 4 rings (SSSR count). The average molecular weight is 357 g/mol. The molecule has 0 saturated carbocycles. The summed E-state index contributed by atoms with van der Waals surface area (Å²) in [5, 5.41) is 12.5. The lowest BCUT2D eigenvalue weighted by Gasteiger charge is -2.14. The van der Waals surface area contributed by atoms with Crippen LogP contribution < -0.4 is 11.1 Å². The number of fused-ring (bicyclic) bond motifs is 1. The molecule has 1 aliphatic rings. The number of hydrogen-bond donors (Lipinski definition) is 2. The summed E-state index contributed by atoms with van der Waals surface area (Å²) >= 11 is 5.92. The maximum atomic E-state index is 12.9. The van der Waals surface area contributed by atoms with E-state index in [9.17, 15) is 4.79 Å². The van der Waals surface area contributed by atoms with E-state index in [-0.39, 0.29) is 11.7 Å². The Labute approximate surface area is 149 Å². The predicted molar refractivity (Wildman–Crippen MR) is 95.4 cm³/mol. The van der Waals surface area contributed by atoms with Crippen LogP contribution in [0.2, 0.25) is 5.02 Å². The molecule has 0 fully saturated rings. The lowest BCUT2D eigenvalue weighted by molar-refractivity contribution is 0.0941. The number of benzene rings is 1. The fourth-order valence-electron chi connectivity index (χ4n) is 3.17. The minimum Gasteiger partial charge on any atom is -0.383 e. The van der Waals surface area contributed by atoms with Crippen LogP contribution in [0.1, 0.15) is 21.7 Å². The van der Waals surface area contributed by atoms with Gasteiger partial charge in [-0.1, -0.05) is 23.7 Å². The molecule has 0 unspecified atom stereocenters. The standard InChI is InChI=1S/C17H17ClN6O/c1-23-14-6-7-20-8-13(14)15(22-23)17(25)24-16(19)12(9-21-24)10-2-4-11(18)5-3-10/h2-5,9,20H,6-8,19H2,1H3. The summed E-state index contributed by atoms with van der Waals surface area (Å²) in [6, 6.07) is 7.24. The minimum atomic E-state index is -0.321. The number of rotatable bonds is 2. The van der Waals surface area contributed by atoms with Crippen LogP contribution in [-0.2, 0) is 20.0 Å². The number of anilines is 1. The van der Waals surface area contributed by atoms with Crippen LogP contribution in [0.25, 0.3) is 11.1 Å². The van der Waals surface area contributed by atoms with Crippen molar-refractivity contribution in [3.8, 4) is 11.1 Å². The lowest BCUT2D eigenvalue weighted by Crippen LogP contribution is -2.26. The Hall–Kier alpha value is -2.64. The Bertz CT molecular complexity index is 956. The Morgan fingerprint density at radius 1 is 1.32 bits per heavy atom. The molecule has 1 aromatic carbocycles. The van der Waals surface area contributed by atoms with Gasteiger partial charge in [0.1, 0.15) is 5.82 Å². The van der Waals surface area contributed by atoms with Gasteiger partial charge in [0.05, 0.1) is 6.20 Å². The van der Waals surface area contributed by atoms with Crippen LogP contribution in [0, 0.1) is 0 Å². The maximum Gasteiger partial charge on any atom is 0.300 e. The van der Waals surface area contributed by atoms with Gasteiger partial charge in [0.25, 0.3) is 0 Å². The summed E-state index contributed by atoms with van der Waals surface area (Å²) in [5.74, 6) is -0.0336. The molecule has 8 heteroatoms. The topological polar surface area (TPSA) is 90.8 Å². The normalized spacial score (nSPS) is 13.7. The van der Waals surface area contributed by atoms with Gasteiger partial charge in [-0.15, -0.1) is 0 Å². The van der Waals surface area contributed by atoms with Crippen LogP contribution >= 0.6 is 11.6 Å². The monoisotopic (exact) mass is 356 g/mol. The Morgan fingerprint density at radius 3 is 2.84 bits per heavy atom. The third-order valence-corrected chi connectivity index (χ3v) is 4.72. The number of hydrogen-bond acceptors (Lipinski definition) is 5. The second-order valence-electron chi connectivity index (χ2n) is 5.99. The first-order valence-electron chi connectivity index (χ1n) is 7.96. The number of nitrogens with zero attached hydrogens (tertiary/aromatic N) is 4. The van der Waals surface area contributed by atoms with Gasteiger partial charge >= 0.3 is 5.91 Å². The zero-order valence-corrected chi connectivity index (χ0v) is 14.4. The quantitative estimate of drug-likeness (QED) is 0.731. The highest BCUT2D eigenvalue weighted by molar-refractivity contribution is 6.30. The highest BCUT2D eigenvalue weighted by Gasteiger charge is 2.26. The molecule has 0 atom stereocenters. The Balaban J connectivity index is 1.74. The van der Waals surface area contributed by atoms with Crippen molar-refractivity contribution >= 4 is 23.3 Å². The van der Waals surface area contributed by atoms with Crippen molar-refractivity contribution in [2.75, 3.05) is 12.3 Å². The van der Waals surface area contributed by atoms with Gasteiger partial charge in [-0.25, -0.2) is 0 Å². The Kier molecular flexibility index (Phi) is 3.82. The van der Waals surface area contributed by atoms with Crippen molar-refractivity contribution in [2.45, 2.75) is 13.0 Å². The van der Waals surface area contributed by atoms with Gasteiger partial charge in [0.15, 0.2) is 5.69 Å². The van der Waals surface area contributed by atoms with Crippen LogP contribution in [0.3, 0.4) is 0 Å². The van der Waals surface area contributed by atoms with E-state index >= 15 is 0 Å². The largest absolute Gasteiger partial charge is 0.383 e. The van der Waals surface area contributed by atoms with Gasteiger partial charge in [-0.3, -0.25) is 9.48 Å². The SMILES string of the molecule is Cn1nc(C(=O)n2ncc(-c3ccc(Cl)cc3)c2N)c2c1CCNC2. The number of carbonyl (C=O) groups excluding carboxylic acids is 1. The highest BCUT2D eigenvalue weighted by Crippen LogP contribution is 2.28. The summed E-state index contributed by atoms with van der Waals surface area (Å²) in [4.78, 5) is 12.9. The average Bonchev–Trinajstić information content (AvgIpc) is 3.16. The van der Waals surface area contributed by atoms with E-state index in [1.54, 1.807) is 23.0 Å². The number of halogens is 1. The molecule has 1 aliphatic heterocycles. The van der Waals surface area contributed by atoms with E-state index in [0.29, 0.717) is 22.8 Å². The van der Waals surface area contributed by atoms with Crippen LogP contribution in [0.15, 0.2) is 30.5 Å². The zero-order valence-electron chi connectivity index (χ0n) is 13.7. The van der Waals surface area contributed by atoms with Crippen molar-refractivity contribution in [1.29, 1.82) is 0 Å². The molecule has 3 aromatic rings. The van der Waals surface area contributed by atoms with E-state index in [0.717, 1.165) is 29.8 Å². The summed E-state index contributed by atoms with van der Waals surface area (Å²) in [7, 11) is 1.85. The van der Waals surface area contributed by atoms with E-state index in [2.05, 4.69) is 15.5 Å². The molecule has 0 aliphatic carbocycles. The molecule has 25 heavy (non-hydrogen) atoms. The second-order valence-corrected chi connectivity index (χ2v) is 6.43. The second kappa shape index (κ2) is 6.02. The van der Waals surface area contributed by atoms with E-state index in [4.69, 9.17) is 17.3 Å². The van der Waals surface area contributed by atoms with Crippen LogP contribution in [-0.4, -0.2) is 32.0 Å². The number of aryl methyl sites for hydroxylation is 1. The van der Waals surface area contributed by atoms with Crippen LogP contribution in [0.4, 0.5) is 5.82 Å². The van der Waals surface area contributed by atoms with Crippen molar-refractivity contribution in [3.05, 3.63) is 52.4 Å². The molecule has 3 heterocycles. The predicted octanol–water partition coefficient (Wildman–Crippen LogP) is 1.85. The lowest BCUT2D eigenvalue weighted by atomic mass is 10.1. The number of nitrogens with one attached hydrogen (secondary N) is 1. The molecule has 128 valence electrons. The summed E-state index contributed by atoms with van der Waals surface area (Å²) in [6.45, 7) is 1.50. The molecular weight excluding hydrogens is 340 g/mol. The van der Waals surface area contributed by atoms with Gasteiger partial charge in [0.2, 0.25) is 0 Å². The van der Waals surface area contributed by atoms with E-state index in [1.807, 2.05) is 19.2 Å². The summed E-state index contributed by atoms with van der Waals surface area (Å²) < 4.78 is 2.98. The minimum absolute atomic E-state index is 0.287. The van der Waals surface area contributed by atoms with Gasteiger partial charge in [-0.05, 0) is 17.7 Å². The highest BCUT2D eigenvalue weighted by atomic mass is 35.5. The fraction of sp³-hybridized carbons (Fsp3) is 0.235. The van der Waals surface area contributed by atoms with Crippen molar-refractivity contribution < 1.29 is 4.79 Å². The molecule has 2 aromatic heterocycles. The molecule has 0 amide bonds. The number of aromatic nitrogens is 4. The molecule has 0 bridgehead atoms. The summed E-state index contributed by atoms with van der Waals surface area (Å²) in [5.41, 5.74) is 10.1. The maximum absolute atomic E-state index is 12.9. The Morgan fingerprint density at radius 2 is 2.08 bits per heavy atom. The zero-order chi connectivity index (χ0) is 17.6. The van der Waals surface area contributed by atoms with Gasteiger partial charge in [-0.2, -0.15) is 14.9 Å². The van der Waals surface area contributed by atoms with Gasteiger partial charge < -0.3 is 11.1 Å². The van der Waals surface area contributed by atoms with Crippen LogP contribution in [0.5, 0.6) is 0 Å². The molecule has 0 radical (unpaired) electrons. The smallest absolute Gasteiger partial charge is 0.300 e. The molecule has 3 N–H and O–H groups in total. The molecular formula is C17H17ClN6O. The number of nitrogens with two attached hydrogens (primary N) is 1. The van der Waals surface area contributed by atoms with Crippen molar-refractivity contribution in [3.63, 3.8) is 0 Å². The number of carbonyl (C=O) groups is 1. The van der Waals surface area contributed by atoms with Crippen molar-refractivity contribution in [2.24, 2.45) is 7.05 Å². The van der Waals surface area contributed by atoms with Gasteiger partial charge in [0, 0.05) is 48.4 Å². The van der Waals surface area contributed by atoms with E-state index in [1.165, 1.54) is 4.68 Å². The van der Waals surface area contributed by atoms with Crippen molar-refractivity contribution in [1.82, 2.24) is 24.9 Å². The third kappa shape index (κ3) is 2.61. The van der Waals surface area contributed by atoms with E-state index < -0.39 is 0 Å². The fourth-order valence-corrected chi connectivity index (χ4v) is 3.29. The third-order valence-electron chi connectivity index (χ3n) is 4.47.